The van der Waals surface area contributed by atoms with E-state index >= 15 is 0 Å². The van der Waals surface area contributed by atoms with Gasteiger partial charge in [0.05, 0.1) is 17.8 Å². The van der Waals surface area contributed by atoms with E-state index in [9.17, 15) is 13.2 Å². The van der Waals surface area contributed by atoms with Gasteiger partial charge in [-0.15, -0.1) is 10.2 Å². The molecule has 2 heterocycles. The Balaban J connectivity index is 1.70. The lowest BCUT2D eigenvalue weighted by Gasteiger charge is -2.05. The molecule has 2 atom stereocenters. The highest BCUT2D eigenvalue weighted by Crippen LogP contribution is 2.55. The number of halogens is 3. The van der Waals surface area contributed by atoms with Gasteiger partial charge in [0.25, 0.3) is 5.92 Å². The molecule has 1 aliphatic carbocycles. The average Bonchev–Trinajstić information content (AvgIpc) is 2.97. The molecule has 7 heteroatoms. The largest absolute Gasteiger partial charge is 0.280 e. The molecule has 1 aliphatic rings. The first kappa shape index (κ1) is 14.2. The van der Waals surface area contributed by atoms with Crippen LogP contribution in [0.3, 0.4) is 0 Å². The third-order valence-corrected chi connectivity index (χ3v) is 4.11. The Morgan fingerprint density at radius 1 is 1.22 bits per heavy atom. The van der Waals surface area contributed by atoms with Crippen LogP contribution in [-0.4, -0.2) is 25.5 Å². The maximum atomic E-state index is 13.5. The molecule has 23 heavy (non-hydrogen) atoms. The Labute approximate surface area is 130 Å². The molecular formula is C16H13F3N4. The van der Waals surface area contributed by atoms with Crippen molar-refractivity contribution in [1.82, 2.24) is 19.6 Å². The molecule has 0 amide bonds. The number of alkyl halides is 3. The first-order valence-electron chi connectivity index (χ1n) is 7.28. The maximum absolute atomic E-state index is 13.5. The van der Waals surface area contributed by atoms with Gasteiger partial charge in [-0.3, -0.25) is 9.38 Å². The van der Waals surface area contributed by atoms with Gasteiger partial charge in [0.1, 0.15) is 0 Å². The predicted molar refractivity (Wildman–Crippen MR) is 78.0 cm³/mol. The van der Waals surface area contributed by atoms with Gasteiger partial charge in [-0.2, -0.15) is 0 Å². The number of hydrogen-bond donors (Lipinski definition) is 0. The van der Waals surface area contributed by atoms with E-state index in [2.05, 4.69) is 15.2 Å². The van der Waals surface area contributed by atoms with Gasteiger partial charge in [-0.05, 0) is 12.5 Å². The SMILES string of the molecule is CC(F)c1nnc2cnc(-c3ccc([C@H]4CC4(F)F)cc3)cn12. The van der Waals surface area contributed by atoms with Crippen molar-refractivity contribution in [3.05, 3.63) is 48.0 Å². The second kappa shape index (κ2) is 4.78. The van der Waals surface area contributed by atoms with E-state index in [1.165, 1.54) is 13.1 Å². The van der Waals surface area contributed by atoms with Crippen molar-refractivity contribution < 1.29 is 13.2 Å². The standard InChI is InChI=1S/C16H13F3N4/c1-9(17)15-22-21-14-7-20-13(8-23(14)15)11-4-2-10(3-5-11)12-6-16(12,18)19/h2-5,7-9,12H,6H2,1H3/t9?,12-/m1/s1. The summed E-state index contributed by atoms with van der Waals surface area (Å²) >= 11 is 0. The van der Waals surface area contributed by atoms with Gasteiger partial charge in [0.2, 0.25) is 0 Å². The minimum Gasteiger partial charge on any atom is -0.280 e. The fraction of sp³-hybridized carbons (Fsp3) is 0.312. The van der Waals surface area contributed by atoms with E-state index in [0.717, 1.165) is 5.56 Å². The number of aromatic nitrogens is 4. The highest BCUT2D eigenvalue weighted by Gasteiger charge is 2.57. The fourth-order valence-electron chi connectivity index (χ4n) is 2.70. The monoisotopic (exact) mass is 318 g/mol. The van der Waals surface area contributed by atoms with E-state index in [1.54, 1.807) is 34.9 Å². The average molecular weight is 318 g/mol. The normalized spacial score (nSPS) is 20.6. The van der Waals surface area contributed by atoms with Crippen LogP contribution in [0.2, 0.25) is 0 Å². The molecule has 0 saturated heterocycles. The molecule has 0 bridgehead atoms. The topological polar surface area (TPSA) is 43.1 Å². The molecule has 118 valence electrons. The minimum atomic E-state index is -2.58. The summed E-state index contributed by atoms with van der Waals surface area (Å²) in [5.41, 5.74) is 2.46. The van der Waals surface area contributed by atoms with Gasteiger partial charge < -0.3 is 0 Å². The molecule has 1 saturated carbocycles. The molecule has 4 rings (SSSR count). The summed E-state index contributed by atoms with van der Waals surface area (Å²) in [4.78, 5) is 4.27. The Morgan fingerprint density at radius 3 is 2.52 bits per heavy atom. The van der Waals surface area contributed by atoms with Crippen molar-refractivity contribution in [2.45, 2.75) is 31.4 Å². The Kier molecular flexibility index (Phi) is 2.94. The van der Waals surface area contributed by atoms with Crippen molar-refractivity contribution in [3.8, 4) is 11.3 Å². The van der Waals surface area contributed by atoms with Crippen molar-refractivity contribution in [1.29, 1.82) is 0 Å². The van der Waals surface area contributed by atoms with Crippen molar-refractivity contribution >= 4 is 5.65 Å². The highest BCUT2D eigenvalue weighted by atomic mass is 19.3. The van der Waals surface area contributed by atoms with E-state index in [-0.39, 0.29) is 12.2 Å². The summed E-state index contributed by atoms with van der Waals surface area (Å²) in [6.07, 6.45) is 1.83. The lowest BCUT2D eigenvalue weighted by molar-refractivity contribution is 0.112. The number of fused-ring (bicyclic) bond motifs is 1. The molecule has 0 radical (unpaired) electrons. The lowest BCUT2D eigenvalue weighted by Crippen LogP contribution is -1.98. The number of rotatable bonds is 3. The van der Waals surface area contributed by atoms with Crippen molar-refractivity contribution in [3.63, 3.8) is 0 Å². The molecule has 0 aliphatic heterocycles. The molecular weight excluding hydrogens is 305 g/mol. The van der Waals surface area contributed by atoms with Crippen LogP contribution < -0.4 is 0 Å². The molecule has 0 N–H and O–H groups in total. The highest BCUT2D eigenvalue weighted by molar-refractivity contribution is 5.60. The third-order valence-electron chi connectivity index (χ3n) is 4.11. The number of nitrogens with zero attached hydrogens (tertiary/aromatic N) is 4. The van der Waals surface area contributed by atoms with Gasteiger partial charge in [-0.1, -0.05) is 24.3 Å². The molecule has 0 spiro atoms. The number of benzene rings is 1. The number of hydrogen-bond acceptors (Lipinski definition) is 3. The lowest BCUT2D eigenvalue weighted by atomic mass is 10.1. The summed E-state index contributed by atoms with van der Waals surface area (Å²) < 4.78 is 41.3. The summed E-state index contributed by atoms with van der Waals surface area (Å²) in [5.74, 6) is -3.05. The van der Waals surface area contributed by atoms with E-state index < -0.39 is 18.0 Å². The van der Waals surface area contributed by atoms with Crippen LogP contribution >= 0.6 is 0 Å². The zero-order chi connectivity index (χ0) is 16.2. The summed E-state index contributed by atoms with van der Waals surface area (Å²) in [6, 6.07) is 6.89. The van der Waals surface area contributed by atoms with E-state index in [1.807, 2.05) is 0 Å². The van der Waals surface area contributed by atoms with Crippen LogP contribution in [0, 0.1) is 0 Å². The van der Waals surface area contributed by atoms with Crippen LogP contribution in [0.25, 0.3) is 16.9 Å². The fourth-order valence-corrected chi connectivity index (χ4v) is 2.70. The second-order valence-corrected chi connectivity index (χ2v) is 5.81. The first-order chi connectivity index (χ1) is 11.0. The molecule has 2 aromatic heterocycles. The molecule has 1 fully saturated rings. The van der Waals surface area contributed by atoms with Gasteiger partial charge in [0.15, 0.2) is 17.6 Å². The van der Waals surface area contributed by atoms with Crippen molar-refractivity contribution in [2.75, 3.05) is 0 Å². The van der Waals surface area contributed by atoms with Gasteiger partial charge in [-0.25, -0.2) is 13.2 Å². The quantitative estimate of drug-likeness (QED) is 0.734. The van der Waals surface area contributed by atoms with E-state index in [4.69, 9.17) is 0 Å². The predicted octanol–water partition coefficient (Wildman–Crippen LogP) is 3.94. The first-order valence-corrected chi connectivity index (χ1v) is 7.28. The van der Waals surface area contributed by atoms with Crippen LogP contribution in [0.4, 0.5) is 13.2 Å². The van der Waals surface area contributed by atoms with Crippen LogP contribution in [0.1, 0.15) is 36.8 Å². The van der Waals surface area contributed by atoms with Gasteiger partial charge >= 0.3 is 0 Å². The Morgan fingerprint density at radius 2 is 1.91 bits per heavy atom. The summed E-state index contributed by atoms with van der Waals surface area (Å²) in [6.45, 7) is 1.39. The maximum Gasteiger partial charge on any atom is 0.255 e. The molecule has 3 aromatic rings. The summed E-state index contributed by atoms with van der Waals surface area (Å²) in [7, 11) is 0. The Bertz CT molecular complexity index is 871. The molecule has 1 unspecified atom stereocenters. The third kappa shape index (κ3) is 2.36. The zero-order valence-corrected chi connectivity index (χ0v) is 12.2. The minimum absolute atomic E-state index is 0.0883. The summed E-state index contributed by atoms with van der Waals surface area (Å²) in [5, 5.41) is 7.67. The van der Waals surface area contributed by atoms with Crippen LogP contribution in [0.15, 0.2) is 36.7 Å². The van der Waals surface area contributed by atoms with E-state index in [0.29, 0.717) is 16.9 Å². The van der Waals surface area contributed by atoms with Crippen LogP contribution in [0.5, 0.6) is 0 Å². The van der Waals surface area contributed by atoms with Crippen molar-refractivity contribution in [2.24, 2.45) is 0 Å². The molecule has 4 nitrogen and oxygen atoms in total. The Hall–Kier alpha value is -2.44. The zero-order valence-electron chi connectivity index (χ0n) is 12.2. The molecule has 1 aromatic carbocycles. The van der Waals surface area contributed by atoms with Crippen LogP contribution in [-0.2, 0) is 0 Å². The van der Waals surface area contributed by atoms with Gasteiger partial charge in [0, 0.05) is 18.2 Å². The second-order valence-electron chi connectivity index (χ2n) is 5.81. The smallest absolute Gasteiger partial charge is 0.255 e.